The highest BCUT2D eigenvalue weighted by molar-refractivity contribution is 7.99. The lowest BCUT2D eigenvalue weighted by atomic mass is 9.88. The van der Waals surface area contributed by atoms with Gasteiger partial charge in [-0.25, -0.2) is 0 Å². The van der Waals surface area contributed by atoms with Gasteiger partial charge in [-0.1, -0.05) is 57.0 Å². The van der Waals surface area contributed by atoms with Gasteiger partial charge in [0, 0.05) is 34.7 Å². The molecule has 180 valence electrons. The Labute approximate surface area is 202 Å². The second kappa shape index (κ2) is 12.4. The van der Waals surface area contributed by atoms with Crippen molar-refractivity contribution < 1.29 is 14.6 Å². The zero-order valence-electron chi connectivity index (χ0n) is 20.2. The summed E-state index contributed by atoms with van der Waals surface area (Å²) in [4.78, 5) is 12.1. The number of carboxylic acid groups (broad SMARTS) is 1. The van der Waals surface area contributed by atoms with Crippen LogP contribution in [0.1, 0.15) is 75.1 Å². The third kappa shape index (κ3) is 6.75. The van der Waals surface area contributed by atoms with Crippen LogP contribution in [-0.4, -0.2) is 36.0 Å². The Morgan fingerprint density at radius 2 is 2.03 bits per heavy atom. The molecule has 0 aliphatic carbocycles. The van der Waals surface area contributed by atoms with Gasteiger partial charge < -0.3 is 15.2 Å². The number of fused-ring (bicyclic) bond motifs is 1. The Bertz CT molecular complexity index is 906. The third-order valence-corrected chi connectivity index (χ3v) is 7.92. The molecule has 0 unspecified atom stereocenters. The van der Waals surface area contributed by atoms with Gasteiger partial charge in [0.2, 0.25) is 0 Å². The maximum absolute atomic E-state index is 10.8. The van der Waals surface area contributed by atoms with Gasteiger partial charge in [0.1, 0.15) is 5.75 Å². The van der Waals surface area contributed by atoms with E-state index in [4.69, 9.17) is 9.84 Å². The number of aliphatic carboxylic acids is 1. The highest BCUT2D eigenvalue weighted by Gasteiger charge is 2.36. The van der Waals surface area contributed by atoms with Crippen LogP contribution < -0.4 is 15.4 Å². The molecular formula is C27H38N2O3S. The van der Waals surface area contributed by atoms with Crippen LogP contribution in [0.25, 0.3) is 0 Å². The summed E-state index contributed by atoms with van der Waals surface area (Å²) in [6.07, 6.45) is 5.47. The first-order valence-electron chi connectivity index (χ1n) is 12.1. The van der Waals surface area contributed by atoms with Crippen molar-refractivity contribution in [3.05, 3.63) is 59.2 Å². The summed E-state index contributed by atoms with van der Waals surface area (Å²) in [6, 6.07) is 15.3. The summed E-state index contributed by atoms with van der Waals surface area (Å²) < 4.78 is 5.80. The number of nitrogens with one attached hydrogen (secondary N) is 2. The van der Waals surface area contributed by atoms with E-state index >= 15 is 0 Å². The molecule has 33 heavy (non-hydrogen) atoms. The first-order chi connectivity index (χ1) is 16.0. The van der Waals surface area contributed by atoms with Crippen molar-refractivity contribution >= 4 is 17.7 Å². The van der Waals surface area contributed by atoms with Crippen molar-refractivity contribution in [1.29, 1.82) is 0 Å². The molecule has 2 aromatic carbocycles. The van der Waals surface area contributed by atoms with Crippen molar-refractivity contribution in [3.8, 4) is 5.75 Å². The number of ether oxygens (including phenoxy) is 1. The highest BCUT2D eigenvalue weighted by Crippen LogP contribution is 2.43. The predicted molar refractivity (Wildman–Crippen MR) is 136 cm³/mol. The van der Waals surface area contributed by atoms with E-state index in [0.717, 1.165) is 23.5 Å². The van der Waals surface area contributed by atoms with E-state index in [1.54, 1.807) is 7.11 Å². The number of rotatable bonds is 12. The number of carboxylic acids is 1. The summed E-state index contributed by atoms with van der Waals surface area (Å²) >= 11 is 1.95. The van der Waals surface area contributed by atoms with E-state index in [2.05, 4.69) is 66.9 Å². The summed E-state index contributed by atoms with van der Waals surface area (Å²) in [5, 5.41) is 16.3. The van der Waals surface area contributed by atoms with Crippen molar-refractivity contribution in [2.75, 3.05) is 19.4 Å². The predicted octanol–water partition coefficient (Wildman–Crippen LogP) is 5.77. The molecule has 1 aliphatic heterocycles. The fraction of sp³-hybridized carbons (Fsp3) is 0.519. The van der Waals surface area contributed by atoms with Crippen molar-refractivity contribution in [3.63, 3.8) is 0 Å². The molecule has 0 spiro atoms. The van der Waals surface area contributed by atoms with E-state index < -0.39 is 5.97 Å². The van der Waals surface area contributed by atoms with Gasteiger partial charge in [-0.2, -0.15) is 0 Å². The molecule has 0 aromatic heterocycles. The van der Waals surface area contributed by atoms with Crippen LogP contribution in [0.5, 0.6) is 5.75 Å². The standard InChI is InChI=1S/C27H38N2O3S/c1-4-6-14-27(5-2)19-33-24-16-21(18-28-15-10-13-25(30)31)23(32-3)17-22(24)26(29-27)20-11-8-7-9-12-20/h7-9,11-12,16-17,26,28-29H,4-6,10,13-15,18-19H2,1-3H3,(H,30,31)/t26-,27-/m1/s1. The van der Waals surface area contributed by atoms with Crippen molar-refractivity contribution in [2.24, 2.45) is 0 Å². The van der Waals surface area contributed by atoms with Crippen molar-refractivity contribution in [1.82, 2.24) is 10.6 Å². The minimum Gasteiger partial charge on any atom is -0.496 e. The Hall–Kier alpha value is -2.02. The lowest BCUT2D eigenvalue weighted by Gasteiger charge is -2.36. The maximum Gasteiger partial charge on any atom is 0.303 e. The van der Waals surface area contributed by atoms with Crippen LogP contribution in [-0.2, 0) is 11.3 Å². The van der Waals surface area contributed by atoms with Crippen LogP contribution in [0.15, 0.2) is 47.4 Å². The fourth-order valence-electron chi connectivity index (χ4n) is 4.47. The first kappa shape index (κ1) is 25.6. The summed E-state index contributed by atoms with van der Waals surface area (Å²) in [7, 11) is 1.72. The number of carbonyl (C=O) groups is 1. The fourth-order valence-corrected chi connectivity index (χ4v) is 5.91. The Morgan fingerprint density at radius 1 is 1.24 bits per heavy atom. The number of methoxy groups -OCH3 is 1. The van der Waals surface area contributed by atoms with E-state index in [1.165, 1.54) is 35.3 Å². The molecule has 3 rings (SSSR count). The largest absolute Gasteiger partial charge is 0.496 e. The summed E-state index contributed by atoms with van der Waals surface area (Å²) in [5.41, 5.74) is 3.74. The lowest BCUT2D eigenvalue weighted by Crippen LogP contribution is -2.48. The normalized spacial score (nSPS) is 20.2. The number of unbranched alkanes of at least 4 members (excludes halogenated alkanes) is 1. The first-order valence-corrected chi connectivity index (χ1v) is 13.1. The molecule has 0 bridgehead atoms. The molecule has 0 saturated heterocycles. The Kier molecular flexibility index (Phi) is 9.65. The maximum atomic E-state index is 10.8. The zero-order valence-corrected chi connectivity index (χ0v) is 21.0. The van der Waals surface area contributed by atoms with Crippen LogP contribution in [0, 0.1) is 0 Å². The zero-order chi connectivity index (χ0) is 23.7. The molecular weight excluding hydrogens is 432 g/mol. The number of thioether (sulfide) groups is 1. The number of benzene rings is 2. The second-order valence-electron chi connectivity index (χ2n) is 8.89. The third-order valence-electron chi connectivity index (χ3n) is 6.56. The Balaban J connectivity index is 1.92. The van der Waals surface area contributed by atoms with Crippen LogP contribution >= 0.6 is 11.8 Å². The quantitative estimate of drug-likeness (QED) is 0.342. The lowest BCUT2D eigenvalue weighted by molar-refractivity contribution is -0.137. The Morgan fingerprint density at radius 3 is 2.70 bits per heavy atom. The summed E-state index contributed by atoms with van der Waals surface area (Å²) in [6.45, 7) is 5.89. The minimum atomic E-state index is -0.752. The molecule has 0 saturated carbocycles. The molecule has 0 radical (unpaired) electrons. The second-order valence-corrected chi connectivity index (χ2v) is 9.91. The van der Waals surface area contributed by atoms with Gasteiger partial charge in [0.05, 0.1) is 13.2 Å². The number of hydrogen-bond acceptors (Lipinski definition) is 5. The van der Waals surface area contributed by atoms with Gasteiger partial charge in [0.25, 0.3) is 0 Å². The van der Waals surface area contributed by atoms with Crippen LogP contribution in [0.2, 0.25) is 0 Å². The molecule has 1 aliphatic rings. The molecule has 2 atom stereocenters. The van der Waals surface area contributed by atoms with Gasteiger partial charge >= 0.3 is 5.97 Å². The van der Waals surface area contributed by atoms with E-state index in [-0.39, 0.29) is 18.0 Å². The van der Waals surface area contributed by atoms with E-state index in [1.807, 2.05) is 11.8 Å². The highest BCUT2D eigenvalue weighted by atomic mass is 32.2. The molecule has 6 heteroatoms. The number of hydrogen-bond donors (Lipinski definition) is 3. The molecule has 0 fully saturated rings. The van der Waals surface area contributed by atoms with Gasteiger partial charge in [-0.05, 0) is 49.1 Å². The molecule has 0 amide bonds. The van der Waals surface area contributed by atoms with Gasteiger partial charge in [0.15, 0.2) is 0 Å². The van der Waals surface area contributed by atoms with Crippen LogP contribution in [0.4, 0.5) is 0 Å². The van der Waals surface area contributed by atoms with E-state index in [0.29, 0.717) is 19.5 Å². The monoisotopic (exact) mass is 470 g/mol. The SMILES string of the molecule is CCCC[C@]1(CC)CSc2cc(CNCCCC(=O)O)c(OC)cc2[C@@H](c2ccccc2)N1. The molecule has 3 N–H and O–H groups in total. The van der Waals surface area contributed by atoms with Crippen LogP contribution in [0.3, 0.4) is 0 Å². The topological polar surface area (TPSA) is 70.6 Å². The smallest absolute Gasteiger partial charge is 0.303 e. The molecule has 5 nitrogen and oxygen atoms in total. The van der Waals surface area contributed by atoms with Gasteiger partial charge in [-0.15, -0.1) is 11.8 Å². The molecule has 1 heterocycles. The van der Waals surface area contributed by atoms with Gasteiger partial charge in [-0.3, -0.25) is 10.1 Å². The summed E-state index contributed by atoms with van der Waals surface area (Å²) in [5.74, 6) is 1.16. The average molecular weight is 471 g/mol. The average Bonchev–Trinajstić information content (AvgIpc) is 2.99. The van der Waals surface area contributed by atoms with E-state index in [9.17, 15) is 4.79 Å². The molecule has 2 aromatic rings. The minimum absolute atomic E-state index is 0.0860. The van der Waals surface area contributed by atoms with Crippen molar-refractivity contribution in [2.45, 2.75) is 75.4 Å².